The van der Waals surface area contributed by atoms with Crippen molar-refractivity contribution < 1.29 is 9.53 Å². The number of benzene rings is 2. The van der Waals surface area contributed by atoms with Gasteiger partial charge < -0.3 is 9.64 Å². The first-order valence-electron chi connectivity index (χ1n) is 6.90. The summed E-state index contributed by atoms with van der Waals surface area (Å²) < 4.78 is 6.14. The number of likely N-dealkylation sites (N-methyl/N-ethyl adjacent to an activating group) is 1. The lowest BCUT2D eigenvalue weighted by molar-refractivity contribution is -0.125. The highest BCUT2D eigenvalue weighted by Gasteiger charge is 2.05. The second-order valence-electron chi connectivity index (χ2n) is 4.93. The average Bonchev–Trinajstić information content (AvgIpc) is 2.55. The Morgan fingerprint density at radius 1 is 1.14 bits per heavy atom. The van der Waals surface area contributed by atoms with E-state index in [-0.39, 0.29) is 5.91 Å². The van der Waals surface area contributed by atoms with Crippen LogP contribution in [0.1, 0.15) is 11.1 Å². The topological polar surface area (TPSA) is 29.5 Å². The van der Waals surface area contributed by atoms with Crippen molar-refractivity contribution in [2.75, 3.05) is 14.2 Å². The molecule has 0 saturated heterocycles. The largest absolute Gasteiger partial charge is 0.497 e. The van der Waals surface area contributed by atoms with Crippen molar-refractivity contribution in [3.63, 3.8) is 0 Å². The minimum absolute atomic E-state index is 0.0289. The van der Waals surface area contributed by atoms with Crippen LogP contribution >= 0.6 is 15.9 Å². The molecule has 0 bridgehead atoms. The molecule has 0 unspecified atom stereocenters. The number of amides is 1. The fourth-order valence-electron chi connectivity index (χ4n) is 1.95. The minimum atomic E-state index is -0.0289. The van der Waals surface area contributed by atoms with Crippen LogP contribution in [0.25, 0.3) is 6.08 Å². The van der Waals surface area contributed by atoms with Crippen LogP contribution in [0, 0.1) is 0 Å². The molecule has 2 aromatic carbocycles. The van der Waals surface area contributed by atoms with Crippen molar-refractivity contribution in [2.45, 2.75) is 6.54 Å². The number of nitrogens with zero attached hydrogens (tertiary/aromatic N) is 1. The highest BCUT2D eigenvalue weighted by atomic mass is 79.9. The van der Waals surface area contributed by atoms with E-state index in [4.69, 9.17) is 4.74 Å². The number of hydrogen-bond donors (Lipinski definition) is 0. The number of hydrogen-bond acceptors (Lipinski definition) is 2. The number of ether oxygens (including phenoxy) is 1. The Hall–Kier alpha value is -2.07. The molecule has 1 amide bonds. The maximum Gasteiger partial charge on any atom is 0.246 e. The molecule has 0 heterocycles. The summed E-state index contributed by atoms with van der Waals surface area (Å²) in [6, 6.07) is 15.5. The fourth-order valence-corrected chi connectivity index (χ4v) is 2.22. The molecule has 114 valence electrons. The van der Waals surface area contributed by atoms with Gasteiger partial charge in [0.1, 0.15) is 5.75 Å². The highest BCUT2D eigenvalue weighted by molar-refractivity contribution is 9.10. The van der Waals surface area contributed by atoms with Gasteiger partial charge in [-0.3, -0.25) is 4.79 Å². The highest BCUT2D eigenvalue weighted by Crippen LogP contribution is 2.13. The summed E-state index contributed by atoms with van der Waals surface area (Å²) >= 11 is 3.40. The SMILES string of the molecule is COc1ccc(/C=C/C(=O)N(C)Cc2ccc(Br)cc2)cc1. The van der Waals surface area contributed by atoms with E-state index in [0.717, 1.165) is 21.3 Å². The van der Waals surface area contributed by atoms with Crippen LogP contribution < -0.4 is 4.74 Å². The van der Waals surface area contributed by atoms with E-state index in [0.29, 0.717) is 6.54 Å². The number of carbonyl (C=O) groups excluding carboxylic acids is 1. The normalized spacial score (nSPS) is 10.7. The van der Waals surface area contributed by atoms with E-state index in [1.54, 1.807) is 31.2 Å². The molecular formula is C18H18BrNO2. The van der Waals surface area contributed by atoms with Gasteiger partial charge >= 0.3 is 0 Å². The Bertz CT molecular complexity index is 648. The van der Waals surface area contributed by atoms with Crippen LogP contribution in [0.3, 0.4) is 0 Å². The van der Waals surface area contributed by atoms with Crippen LogP contribution in [0.5, 0.6) is 5.75 Å². The van der Waals surface area contributed by atoms with Crippen molar-refractivity contribution in [1.82, 2.24) is 4.90 Å². The van der Waals surface area contributed by atoms with Crippen molar-refractivity contribution in [3.05, 3.63) is 70.2 Å². The standard InChI is InChI=1S/C18H18BrNO2/c1-20(13-15-3-8-16(19)9-4-15)18(21)12-7-14-5-10-17(22-2)11-6-14/h3-12H,13H2,1-2H3/b12-7+. The number of halogens is 1. The first kappa shape index (κ1) is 16.3. The third kappa shape index (κ3) is 4.74. The maximum atomic E-state index is 12.1. The van der Waals surface area contributed by atoms with E-state index in [1.807, 2.05) is 48.5 Å². The van der Waals surface area contributed by atoms with Gasteiger partial charge in [0.15, 0.2) is 0 Å². The zero-order valence-corrected chi connectivity index (χ0v) is 14.2. The monoisotopic (exact) mass is 359 g/mol. The summed E-state index contributed by atoms with van der Waals surface area (Å²) in [6.07, 6.45) is 3.39. The third-order valence-corrected chi connectivity index (χ3v) is 3.77. The Labute approximate surface area is 139 Å². The lowest BCUT2D eigenvalue weighted by atomic mass is 10.2. The van der Waals surface area contributed by atoms with Crippen LogP contribution in [0.4, 0.5) is 0 Å². The maximum absolute atomic E-state index is 12.1. The molecule has 22 heavy (non-hydrogen) atoms. The number of carbonyl (C=O) groups is 1. The molecule has 0 aliphatic carbocycles. The second-order valence-corrected chi connectivity index (χ2v) is 5.84. The van der Waals surface area contributed by atoms with Gasteiger partial charge in [0.05, 0.1) is 7.11 Å². The summed E-state index contributed by atoms with van der Waals surface area (Å²) in [5.41, 5.74) is 2.06. The van der Waals surface area contributed by atoms with Crippen molar-refractivity contribution >= 4 is 27.9 Å². The Morgan fingerprint density at radius 3 is 2.36 bits per heavy atom. The molecule has 0 radical (unpaired) electrons. The van der Waals surface area contributed by atoms with Crippen LogP contribution in [-0.4, -0.2) is 25.0 Å². The van der Waals surface area contributed by atoms with Gasteiger partial charge in [0, 0.05) is 24.1 Å². The Balaban J connectivity index is 1.95. The molecular weight excluding hydrogens is 342 g/mol. The average molecular weight is 360 g/mol. The van der Waals surface area contributed by atoms with Crippen molar-refractivity contribution in [1.29, 1.82) is 0 Å². The van der Waals surface area contributed by atoms with E-state index in [1.165, 1.54) is 0 Å². The van der Waals surface area contributed by atoms with Crippen LogP contribution in [0.2, 0.25) is 0 Å². The lowest BCUT2D eigenvalue weighted by Gasteiger charge is -2.15. The smallest absolute Gasteiger partial charge is 0.246 e. The first-order valence-corrected chi connectivity index (χ1v) is 7.69. The van der Waals surface area contributed by atoms with E-state index < -0.39 is 0 Å². The summed E-state index contributed by atoms with van der Waals surface area (Å²) in [4.78, 5) is 13.8. The van der Waals surface area contributed by atoms with E-state index >= 15 is 0 Å². The molecule has 0 aliphatic rings. The Morgan fingerprint density at radius 2 is 1.77 bits per heavy atom. The van der Waals surface area contributed by atoms with Gasteiger partial charge in [-0.25, -0.2) is 0 Å². The van der Waals surface area contributed by atoms with Crippen LogP contribution in [0.15, 0.2) is 59.1 Å². The second kappa shape index (κ2) is 7.80. The van der Waals surface area contributed by atoms with Gasteiger partial charge in [-0.15, -0.1) is 0 Å². The van der Waals surface area contributed by atoms with Gasteiger partial charge in [-0.2, -0.15) is 0 Å². The van der Waals surface area contributed by atoms with Gasteiger partial charge in [0.2, 0.25) is 5.91 Å². The summed E-state index contributed by atoms with van der Waals surface area (Å²) in [6.45, 7) is 0.582. The van der Waals surface area contributed by atoms with Crippen LogP contribution in [-0.2, 0) is 11.3 Å². The fraction of sp³-hybridized carbons (Fsp3) is 0.167. The number of rotatable bonds is 5. The molecule has 2 aromatic rings. The van der Waals surface area contributed by atoms with Crippen molar-refractivity contribution in [3.8, 4) is 5.75 Å². The third-order valence-electron chi connectivity index (χ3n) is 3.24. The zero-order chi connectivity index (χ0) is 15.9. The van der Waals surface area contributed by atoms with Gasteiger partial charge in [-0.05, 0) is 41.5 Å². The first-order chi connectivity index (χ1) is 10.6. The molecule has 3 nitrogen and oxygen atoms in total. The van der Waals surface area contributed by atoms with Gasteiger partial charge in [-0.1, -0.05) is 40.2 Å². The van der Waals surface area contributed by atoms with E-state index in [9.17, 15) is 4.79 Å². The molecule has 0 saturated carbocycles. The predicted octanol–water partition coefficient (Wildman–Crippen LogP) is 4.13. The number of methoxy groups -OCH3 is 1. The summed E-state index contributed by atoms with van der Waals surface area (Å²) in [7, 11) is 3.42. The Kier molecular flexibility index (Phi) is 5.78. The zero-order valence-electron chi connectivity index (χ0n) is 12.6. The predicted molar refractivity (Wildman–Crippen MR) is 92.6 cm³/mol. The van der Waals surface area contributed by atoms with Gasteiger partial charge in [0.25, 0.3) is 0 Å². The molecule has 4 heteroatoms. The lowest BCUT2D eigenvalue weighted by Crippen LogP contribution is -2.24. The molecule has 0 aromatic heterocycles. The molecule has 2 rings (SSSR count). The summed E-state index contributed by atoms with van der Waals surface area (Å²) in [5.74, 6) is 0.773. The molecule has 0 aliphatic heterocycles. The minimum Gasteiger partial charge on any atom is -0.497 e. The van der Waals surface area contributed by atoms with E-state index in [2.05, 4.69) is 15.9 Å². The molecule has 0 N–H and O–H groups in total. The summed E-state index contributed by atoms with van der Waals surface area (Å²) in [5, 5.41) is 0. The molecule has 0 spiro atoms. The quantitative estimate of drug-likeness (QED) is 0.751. The molecule has 0 atom stereocenters. The molecule has 0 fully saturated rings. The van der Waals surface area contributed by atoms with Crippen molar-refractivity contribution in [2.24, 2.45) is 0 Å².